The van der Waals surface area contributed by atoms with Crippen molar-refractivity contribution >= 4 is 16.9 Å². The van der Waals surface area contributed by atoms with Crippen molar-refractivity contribution in [1.29, 1.82) is 0 Å². The zero-order chi connectivity index (χ0) is 21.9. The van der Waals surface area contributed by atoms with Gasteiger partial charge in [-0.2, -0.15) is 0 Å². The molecule has 0 saturated heterocycles. The van der Waals surface area contributed by atoms with Crippen LogP contribution in [0.1, 0.15) is 40.0 Å². The fourth-order valence-electron chi connectivity index (χ4n) is 4.70. The first-order valence-corrected chi connectivity index (χ1v) is 10.3. The number of rotatable bonds is 7. The van der Waals surface area contributed by atoms with Crippen LogP contribution in [-0.4, -0.2) is 19.7 Å². The van der Waals surface area contributed by atoms with Gasteiger partial charge in [-0.25, -0.2) is 4.79 Å². The zero-order valence-corrected chi connectivity index (χ0v) is 18.2. The molecule has 0 unspecified atom stereocenters. The second-order valence-electron chi connectivity index (χ2n) is 8.48. The molecule has 1 aliphatic rings. The number of carbonyl (C=O) groups excluding carboxylic acids is 1. The Morgan fingerprint density at radius 1 is 1.30 bits per heavy atom. The first kappa shape index (κ1) is 21.9. The van der Waals surface area contributed by atoms with Gasteiger partial charge < -0.3 is 13.9 Å². The predicted molar refractivity (Wildman–Crippen MR) is 118 cm³/mol. The summed E-state index contributed by atoms with van der Waals surface area (Å²) in [5, 5.41) is 0.848. The highest BCUT2D eigenvalue weighted by atomic mass is 16.5. The second-order valence-corrected chi connectivity index (χ2v) is 8.48. The molecular formula is C25H30O5. The molecule has 0 aliphatic heterocycles. The summed E-state index contributed by atoms with van der Waals surface area (Å²) < 4.78 is 16.3. The van der Waals surface area contributed by atoms with Gasteiger partial charge in [-0.3, -0.25) is 4.79 Å². The molecule has 30 heavy (non-hydrogen) atoms. The van der Waals surface area contributed by atoms with E-state index < -0.39 is 0 Å². The summed E-state index contributed by atoms with van der Waals surface area (Å²) in [5.74, 6) is 0.829. The molecule has 1 aromatic carbocycles. The van der Waals surface area contributed by atoms with Gasteiger partial charge in [0.2, 0.25) is 0 Å². The van der Waals surface area contributed by atoms with Gasteiger partial charge in [-0.1, -0.05) is 30.7 Å². The zero-order valence-electron chi connectivity index (χ0n) is 18.2. The van der Waals surface area contributed by atoms with Crippen molar-refractivity contribution in [2.45, 2.75) is 40.0 Å². The summed E-state index contributed by atoms with van der Waals surface area (Å²) in [4.78, 5) is 23.4. The van der Waals surface area contributed by atoms with Crippen molar-refractivity contribution in [3.05, 3.63) is 64.6 Å². The van der Waals surface area contributed by atoms with Crippen LogP contribution in [0.15, 0.2) is 63.3 Å². The molecule has 0 N–H and O–H groups in total. The Morgan fingerprint density at radius 3 is 2.73 bits per heavy atom. The van der Waals surface area contributed by atoms with Gasteiger partial charge in [-0.05, 0) is 56.2 Å². The monoisotopic (exact) mass is 410 g/mol. The number of allylic oxidation sites excluding steroid dienone is 2. The van der Waals surface area contributed by atoms with Crippen LogP contribution < -0.4 is 10.4 Å². The lowest BCUT2D eigenvalue weighted by atomic mass is 9.58. The molecule has 0 spiro atoms. The van der Waals surface area contributed by atoms with Gasteiger partial charge in [0.1, 0.15) is 11.3 Å². The van der Waals surface area contributed by atoms with Crippen LogP contribution in [-0.2, 0) is 9.53 Å². The molecule has 1 aliphatic carbocycles. The summed E-state index contributed by atoms with van der Waals surface area (Å²) in [6.45, 7) is 11.1. The first-order valence-electron chi connectivity index (χ1n) is 10.3. The molecule has 3 atom stereocenters. The molecule has 5 nitrogen and oxygen atoms in total. The minimum atomic E-state index is -0.384. The van der Waals surface area contributed by atoms with Gasteiger partial charge in [0.25, 0.3) is 0 Å². The third kappa shape index (κ3) is 4.50. The Kier molecular flexibility index (Phi) is 6.49. The van der Waals surface area contributed by atoms with Crippen LogP contribution in [0.5, 0.6) is 5.75 Å². The van der Waals surface area contributed by atoms with Gasteiger partial charge in [0.15, 0.2) is 0 Å². The van der Waals surface area contributed by atoms with E-state index in [0.29, 0.717) is 30.8 Å². The van der Waals surface area contributed by atoms with Gasteiger partial charge in [0, 0.05) is 29.9 Å². The maximum Gasteiger partial charge on any atom is 0.336 e. The second kappa shape index (κ2) is 8.90. The number of hydrogen-bond acceptors (Lipinski definition) is 5. The smallest absolute Gasteiger partial charge is 0.336 e. The van der Waals surface area contributed by atoms with Crippen LogP contribution in [0.2, 0.25) is 0 Å². The van der Waals surface area contributed by atoms with Crippen molar-refractivity contribution < 1.29 is 18.7 Å². The van der Waals surface area contributed by atoms with Crippen LogP contribution in [0, 0.1) is 17.3 Å². The Hall–Kier alpha value is -2.82. The molecule has 5 heteroatoms. The Labute approximate surface area is 177 Å². The van der Waals surface area contributed by atoms with Crippen LogP contribution in [0.4, 0.5) is 0 Å². The van der Waals surface area contributed by atoms with E-state index in [4.69, 9.17) is 13.9 Å². The topological polar surface area (TPSA) is 65.7 Å². The number of hydrogen-bond donors (Lipinski definition) is 0. The molecule has 1 aromatic heterocycles. The van der Waals surface area contributed by atoms with E-state index in [0.717, 1.165) is 17.4 Å². The van der Waals surface area contributed by atoms with Gasteiger partial charge in [-0.15, -0.1) is 0 Å². The van der Waals surface area contributed by atoms with E-state index >= 15 is 0 Å². The highest BCUT2D eigenvalue weighted by Crippen LogP contribution is 2.51. The number of benzene rings is 1. The number of methoxy groups -OCH3 is 1. The molecular weight excluding hydrogens is 380 g/mol. The summed E-state index contributed by atoms with van der Waals surface area (Å²) in [5.41, 5.74) is 2.31. The van der Waals surface area contributed by atoms with Crippen LogP contribution in [0.25, 0.3) is 11.0 Å². The molecule has 0 amide bonds. The van der Waals surface area contributed by atoms with Crippen molar-refractivity contribution in [3.63, 3.8) is 0 Å². The molecule has 0 radical (unpaired) electrons. The fraction of sp³-hybridized carbons (Fsp3) is 0.440. The molecule has 0 saturated carbocycles. The molecule has 160 valence electrons. The lowest BCUT2D eigenvalue weighted by Crippen LogP contribution is -2.42. The SMILES string of the molecule is C=C(C)[C@H]1CC=C(C)[C@@H](COc2ccc3ccc(=O)oc3c2)[C@]1(C)CCC(=O)OC. The molecule has 1 heterocycles. The van der Waals surface area contributed by atoms with E-state index in [9.17, 15) is 9.59 Å². The van der Waals surface area contributed by atoms with Crippen LogP contribution in [0.3, 0.4) is 0 Å². The molecule has 0 fully saturated rings. The predicted octanol–water partition coefficient (Wildman–Crippen LogP) is 5.29. The largest absolute Gasteiger partial charge is 0.493 e. The van der Waals surface area contributed by atoms with Crippen molar-refractivity contribution in [2.75, 3.05) is 13.7 Å². The summed E-state index contributed by atoms with van der Waals surface area (Å²) in [6.07, 6.45) is 4.23. The summed E-state index contributed by atoms with van der Waals surface area (Å²) in [6, 6.07) is 8.65. The fourth-order valence-corrected chi connectivity index (χ4v) is 4.70. The maximum atomic E-state index is 11.9. The van der Waals surface area contributed by atoms with Crippen molar-refractivity contribution in [2.24, 2.45) is 17.3 Å². The lowest BCUT2D eigenvalue weighted by Gasteiger charge is -2.47. The van der Waals surface area contributed by atoms with E-state index in [2.05, 4.69) is 33.4 Å². The van der Waals surface area contributed by atoms with Gasteiger partial charge >= 0.3 is 11.6 Å². The number of fused-ring (bicyclic) bond motifs is 1. The summed E-state index contributed by atoms with van der Waals surface area (Å²) in [7, 11) is 1.42. The van der Waals surface area contributed by atoms with Crippen molar-refractivity contribution in [3.8, 4) is 5.75 Å². The minimum Gasteiger partial charge on any atom is -0.493 e. The Bertz CT molecular complexity index is 1030. The summed E-state index contributed by atoms with van der Waals surface area (Å²) >= 11 is 0. The molecule has 2 aromatic rings. The number of carbonyl (C=O) groups is 1. The number of esters is 1. The lowest BCUT2D eigenvalue weighted by molar-refractivity contribution is -0.141. The van der Waals surface area contributed by atoms with E-state index in [1.165, 1.54) is 18.7 Å². The first-order chi connectivity index (χ1) is 14.2. The Balaban J connectivity index is 1.85. The standard InChI is InChI=1S/C25H30O5/c1-16(2)20-10-6-17(3)21(25(20,4)13-12-23(26)28-5)15-29-19-9-7-18-8-11-24(27)30-22(18)14-19/h6-9,11,14,20-21H,1,10,12-13,15H2,2-5H3/t20-,21-,25-/m1/s1. The van der Waals surface area contributed by atoms with Crippen LogP contribution >= 0.6 is 0 Å². The third-order valence-electron chi connectivity index (χ3n) is 6.52. The highest BCUT2D eigenvalue weighted by molar-refractivity contribution is 5.77. The van der Waals surface area contributed by atoms with E-state index in [1.54, 1.807) is 12.1 Å². The van der Waals surface area contributed by atoms with E-state index in [-0.39, 0.29) is 28.8 Å². The highest BCUT2D eigenvalue weighted by Gasteiger charge is 2.44. The molecule has 0 bridgehead atoms. The maximum absolute atomic E-state index is 11.9. The third-order valence-corrected chi connectivity index (χ3v) is 6.52. The Morgan fingerprint density at radius 2 is 2.03 bits per heavy atom. The van der Waals surface area contributed by atoms with E-state index in [1.807, 2.05) is 12.1 Å². The minimum absolute atomic E-state index is 0.121. The average Bonchev–Trinajstić information content (AvgIpc) is 2.71. The number of ether oxygens (including phenoxy) is 2. The van der Waals surface area contributed by atoms with Crippen molar-refractivity contribution in [1.82, 2.24) is 0 Å². The van der Waals surface area contributed by atoms with Gasteiger partial charge in [0.05, 0.1) is 13.7 Å². The average molecular weight is 411 g/mol. The normalized spacial score (nSPS) is 23.7. The quantitative estimate of drug-likeness (QED) is 0.352. The molecule has 3 rings (SSSR count).